The molecule has 0 aromatic carbocycles. The predicted molar refractivity (Wildman–Crippen MR) is 89.4 cm³/mol. The highest BCUT2D eigenvalue weighted by Gasteiger charge is 2.56. The van der Waals surface area contributed by atoms with Crippen LogP contribution < -0.4 is 0 Å². The molecule has 5 atom stereocenters. The van der Waals surface area contributed by atoms with Gasteiger partial charge in [0.25, 0.3) is 0 Å². The zero-order valence-corrected chi connectivity index (χ0v) is 16.7. The molecule has 0 aliphatic carbocycles. The van der Waals surface area contributed by atoms with Gasteiger partial charge in [-0.15, -0.1) is 0 Å². The first kappa shape index (κ1) is 23.3. The Labute approximate surface area is 158 Å². The monoisotopic (exact) mass is 392 g/mol. The molecule has 10 nitrogen and oxygen atoms in total. The van der Waals surface area contributed by atoms with E-state index in [0.29, 0.717) is 0 Å². The lowest BCUT2D eigenvalue weighted by Crippen LogP contribution is -2.65. The second-order valence-electron chi connectivity index (χ2n) is 6.29. The van der Waals surface area contributed by atoms with Gasteiger partial charge in [-0.1, -0.05) is 0 Å². The summed E-state index contributed by atoms with van der Waals surface area (Å²) in [5.41, 5.74) is 0. The van der Waals surface area contributed by atoms with Gasteiger partial charge < -0.3 is 33.2 Å². The fourth-order valence-electron chi connectivity index (χ4n) is 2.63. The standard InChI is InChI=1S/C17H28O10/c1-10(18)23-8-13(25-11(2)19)15(26-12(3)20)14-9-24-16(4,21-6)17(5,22-7)27-14/h13-15H,8-9H2,1-7H3/t13-,14-,15-,16-,17-/m1/s1. The summed E-state index contributed by atoms with van der Waals surface area (Å²) in [6, 6.07) is 0. The maximum absolute atomic E-state index is 11.6. The molecule has 1 aliphatic rings. The lowest BCUT2D eigenvalue weighted by molar-refractivity contribution is -0.438. The van der Waals surface area contributed by atoms with Crippen molar-refractivity contribution in [3.63, 3.8) is 0 Å². The average molecular weight is 392 g/mol. The van der Waals surface area contributed by atoms with Gasteiger partial charge in [-0.3, -0.25) is 14.4 Å². The number of rotatable bonds is 8. The number of carbonyl (C=O) groups excluding carboxylic acids is 3. The maximum atomic E-state index is 11.6. The van der Waals surface area contributed by atoms with Gasteiger partial charge in [0, 0.05) is 35.0 Å². The van der Waals surface area contributed by atoms with Gasteiger partial charge in [0.1, 0.15) is 12.7 Å². The minimum Gasteiger partial charge on any atom is -0.462 e. The first-order valence-corrected chi connectivity index (χ1v) is 8.38. The van der Waals surface area contributed by atoms with Crippen LogP contribution >= 0.6 is 0 Å². The van der Waals surface area contributed by atoms with Gasteiger partial charge in [-0.25, -0.2) is 0 Å². The molecule has 0 saturated carbocycles. The van der Waals surface area contributed by atoms with Crippen LogP contribution in [-0.4, -0.2) is 75.2 Å². The Morgan fingerprint density at radius 3 is 1.96 bits per heavy atom. The zero-order valence-electron chi connectivity index (χ0n) is 16.7. The molecule has 0 amide bonds. The zero-order chi connectivity index (χ0) is 20.8. The van der Waals surface area contributed by atoms with E-state index in [2.05, 4.69) is 0 Å². The molecule has 0 bridgehead atoms. The van der Waals surface area contributed by atoms with Crippen molar-refractivity contribution >= 4 is 17.9 Å². The molecule has 0 aromatic rings. The Balaban J connectivity index is 3.14. The summed E-state index contributed by atoms with van der Waals surface area (Å²) in [6.45, 7) is 6.44. The van der Waals surface area contributed by atoms with Crippen LogP contribution in [0.4, 0.5) is 0 Å². The third-order valence-corrected chi connectivity index (χ3v) is 4.31. The summed E-state index contributed by atoms with van der Waals surface area (Å²) in [5.74, 6) is -4.44. The summed E-state index contributed by atoms with van der Waals surface area (Å²) in [6.07, 6.45) is -3.10. The highest BCUT2D eigenvalue weighted by Crippen LogP contribution is 2.38. The van der Waals surface area contributed by atoms with Crippen molar-refractivity contribution in [1.82, 2.24) is 0 Å². The Morgan fingerprint density at radius 2 is 1.52 bits per heavy atom. The van der Waals surface area contributed by atoms with Crippen LogP contribution in [0.2, 0.25) is 0 Å². The van der Waals surface area contributed by atoms with E-state index >= 15 is 0 Å². The van der Waals surface area contributed by atoms with Gasteiger partial charge in [-0.2, -0.15) is 0 Å². The third kappa shape index (κ3) is 5.86. The minimum absolute atomic E-state index is 0.0565. The molecule has 1 saturated heterocycles. The molecule has 0 radical (unpaired) electrons. The van der Waals surface area contributed by atoms with Crippen molar-refractivity contribution in [2.45, 2.75) is 64.5 Å². The molecule has 10 heteroatoms. The van der Waals surface area contributed by atoms with Crippen LogP contribution in [-0.2, 0) is 47.5 Å². The Kier molecular flexibility index (Phi) is 8.15. The van der Waals surface area contributed by atoms with Crippen molar-refractivity contribution in [1.29, 1.82) is 0 Å². The quantitative estimate of drug-likeness (QED) is 0.428. The number of carbonyl (C=O) groups is 3. The second kappa shape index (κ2) is 9.45. The maximum Gasteiger partial charge on any atom is 0.303 e. The third-order valence-electron chi connectivity index (χ3n) is 4.31. The number of methoxy groups -OCH3 is 2. The van der Waals surface area contributed by atoms with E-state index in [-0.39, 0.29) is 13.2 Å². The SMILES string of the molecule is CO[C@]1(C)OC[C@H]([C@H](OC(C)=O)[C@@H](COC(C)=O)OC(C)=O)O[C@@]1(C)OC. The summed E-state index contributed by atoms with van der Waals surface area (Å²) in [4.78, 5) is 34.3. The van der Waals surface area contributed by atoms with Crippen LogP contribution in [0.3, 0.4) is 0 Å². The number of ether oxygens (including phenoxy) is 7. The van der Waals surface area contributed by atoms with Gasteiger partial charge in [0.2, 0.25) is 11.6 Å². The van der Waals surface area contributed by atoms with E-state index in [1.807, 2.05) is 0 Å². The number of hydrogen-bond donors (Lipinski definition) is 0. The van der Waals surface area contributed by atoms with E-state index in [1.165, 1.54) is 35.0 Å². The fraction of sp³-hybridized carbons (Fsp3) is 0.824. The summed E-state index contributed by atoms with van der Waals surface area (Å²) in [5, 5.41) is 0. The van der Waals surface area contributed by atoms with Gasteiger partial charge >= 0.3 is 17.9 Å². The van der Waals surface area contributed by atoms with Crippen molar-refractivity contribution in [2.75, 3.05) is 27.4 Å². The molecule has 27 heavy (non-hydrogen) atoms. The van der Waals surface area contributed by atoms with Crippen molar-refractivity contribution < 1.29 is 47.5 Å². The first-order chi connectivity index (χ1) is 12.5. The van der Waals surface area contributed by atoms with E-state index in [0.717, 1.165) is 0 Å². The Morgan fingerprint density at radius 1 is 0.963 bits per heavy atom. The van der Waals surface area contributed by atoms with Crippen LogP contribution in [0.5, 0.6) is 0 Å². The smallest absolute Gasteiger partial charge is 0.303 e. The molecular formula is C17H28O10. The van der Waals surface area contributed by atoms with Crippen molar-refractivity contribution in [3.8, 4) is 0 Å². The molecule has 1 rings (SSSR count). The lowest BCUT2D eigenvalue weighted by Gasteiger charge is -2.50. The molecule has 0 N–H and O–H groups in total. The predicted octanol–water partition coefficient (Wildman–Crippen LogP) is 0.554. The number of hydrogen-bond acceptors (Lipinski definition) is 10. The largest absolute Gasteiger partial charge is 0.462 e. The minimum atomic E-state index is -1.36. The lowest BCUT2D eigenvalue weighted by atomic mass is 10.0. The molecule has 1 fully saturated rings. The van der Waals surface area contributed by atoms with Crippen LogP contribution in [0.15, 0.2) is 0 Å². The van der Waals surface area contributed by atoms with Gasteiger partial charge in [-0.05, 0) is 13.8 Å². The summed E-state index contributed by atoms with van der Waals surface area (Å²) in [7, 11) is 2.85. The second-order valence-corrected chi connectivity index (χ2v) is 6.29. The summed E-state index contributed by atoms with van der Waals surface area (Å²) >= 11 is 0. The molecule has 156 valence electrons. The van der Waals surface area contributed by atoms with Crippen LogP contribution in [0.25, 0.3) is 0 Å². The normalized spacial score (nSPS) is 30.1. The van der Waals surface area contributed by atoms with Gasteiger partial charge in [0.05, 0.1) is 6.61 Å². The molecule has 0 spiro atoms. The Hall–Kier alpha value is -1.75. The highest BCUT2D eigenvalue weighted by atomic mass is 16.8. The van der Waals surface area contributed by atoms with Crippen LogP contribution in [0, 0.1) is 0 Å². The van der Waals surface area contributed by atoms with E-state index in [9.17, 15) is 14.4 Å². The highest BCUT2D eigenvalue weighted by molar-refractivity contribution is 5.68. The molecule has 0 unspecified atom stereocenters. The van der Waals surface area contributed by atoms with E-state index < -0.39 is 47.8 Å². The topological polar surface area (TPSA) is 116 Å². The molecule has 1 aliphatic heterocycles. The van der Waals surface area contributed by atoms with Gasteiger partial charge in [0.15, 0.2) is 12.2 Å². The van der Waals surface area contributed by atoms with Crippen molar-refractivity contribution in [3.05, 3.63) is 0 Å². The van der Waals surface area contributed by atoms with Crippen molar-refractivity contribution in [2.24, 2.45) is 0 Å². The average Bonchev–Trinajstić information content (AvgIpc) is 2.58. The molecule has 0 aromatic heterocycles. The summed E-state index contributed by atoms with van der Waals surface area (Å²) < 4.78 is 38.0. The van der Waals surface area contributed by atoms with E-state index in [1.54, 1.807) is 13.8 Å². The molecular weight excluding hydrogens is 364 g/mol. The Bertz CT molecular complexity index is 550. The van der Waals surface area contributed by atoms with E-state index in [4.69, 9.17) is 33.2 Å². The molecule has 1 heterocycles. The first-order valence-electron chi connectivity index (χ1n) is 8.38. The van der Waals surface area contributed by atoms with Crippen LogP contribution in [0.1, 0.15) is 34.6 Å². The number of esters is 3. The fourth-order valence-corrected chi connectivity index (χ4v) is 2.63.